The Morgan fingerprint density at radius 2 is 2.14 bits per heavy atom. The normalized spacial score (nSPS) is 15.1. The number of furan rings is 1. The number of nitrogen functional groups attached to an aromatic ring is 1. The Labute approximate surface area is 122 Å². The van der Waals surface area contributed by atoms with Crippen molar-refractivity contribution in [1.82, 2.24) is 9.88 Å². The van der Waals surface area contributed by atoms with Crippen LogP contribution in [0.2, 0.25) is 0 Å². The number of hydrogen-bond acceptors (Lipinski definition) is 5. The summed E-state index contributed by atoms with van der Waals surface area (Å²) in [6.45, 7) is 1.48. The minimum atomic E-state index is 0.607. The monoisotopic (exact) mass is 283 g/mol. The molecule has 0 saturated heterocycles. The first-order valence-electron chi connectivity index (χ1n) is 7.19. The van der Waals surface area contributed by atoms with E-state index in [2.05, 4.69) is 9.88 Å². The summed E-state index contributed by atoms with van der Waals surface area (Å²) in [6, 6.07) is 10.1. The smallest absolute Gasteiger partial charge is 0.209 e. The maximum absolute atomic E-state index is 5.81. The maximum Gasteiger partial charge on any atom is 0.209 e. The first-order valence-corrected chi connectivity index (χ1v) is 7.19. The zero-order chi connectivity index (χ0) is 14.2. The van der Waals surface area contributed by atoms with E-state index in [4.69, 9.17) is 14.6 Å². The van der Waals surface area contributed by atoms with Gasteiger partial charge in [-0.05, 0) is 37.1 Å². The van der Waals surface area contributed by atoms with Crippen LogP contribution in [0, 0.1) is 0 Å². The number of anilines is 1. The Morgan fingerprint density at radius 1 is 1.24 bits per heavy atom. The van der Waals surface area contributed by atoms with Crippen LogP contribution in [0.25, 0.3) is 11.1 Å². The molecule has 5 heteroatoms. The predicted molar refractivity (Wildman–Crippen MR) is 79.4 cm³/mol. The Balaban J connectivity index is 1.56. The van der Waals surface area contributed by atoms with Crippen LogP contribution in [0.15, 0.2) is 45.4 Å². The third-order valence-electron chi connectivity index (χ3n) is 3.80. The van der Waals surface area contributed by atoms with Gasteiger partial charge in [0.05, 0.1) is 19.4 Å². The summed E-state index contributed by atoms with van der Waals surface area (Å²) in [5.74, 6) is 1.70. The van der Waals surface area contributed by atoms with Crippen LogP contribution in [-0.2, 0) is 13.1 Å². The third-order valence-corrected chi connectivity index (χ3v) is 3.80. The van der Waals surface area contributed by atoms with Crippen LogP contribution in [0.1, 0.15) is 24.5 Å². The van der Waals surface area contributed by atoms with Crippen molar-refractivity contribution in [2.45, 2.75) is 32.0 Å². The molecule has 1 aliphatic carbocycles. The average molecular weight is 283 g/mol. The molecule has 5 nitrogen and oxygen atoms in total. The fourth-order valence-corrected chi connectivity index (χ4v) is 2.59. The van der Waals surface area contributed by atoms with Gasteiger partial charge in [0.25, 0.3) is 0 Å². The summed E-state index contributed by atoms with van der Waals surface area (Å²) in [5, 5.41) is 0. The maximum atomic E-state index is 5.81. The second-order valence-electron chi connectivity index (χ2n) is 5.55. The van der Waals surface area contributed by atoms with E-state index in [1.165, 1.54) is 12.8 Å². The number of fused-ring (bicyclic) bond motifs is 1. The number of benzene rings is 1. The van der Waals surface area contributed by atoms with Crippen LogP contribution in [0.4, 0.5) is 5.69 Å². The zero-order valence-electron chi connectivity index (χ0n) is 11.7. The number of hydrogen-bond donors (Lipinski definition) is 1. The molecule has 2 heterocycles. The van der Waals surface area contributed by atoms with Gasteiger partial charge in [-0.15, -0.1) is 0 Å². The number of nitrogens with two attached hydrogens (primary N) is 1. The van der Waals surface area contributed by atoms with E-state index in [9.17, 15) is 0 Å². The van der Waals surface area contributed by atoms with E-state index in [0.29, 0.717) is 18.3 Å². The van der Waals surface area contributed by atoms with Crippen LogP contribution in [0.3, 0.4) is 0 Å². The van der Waals surface area contributed by atoms with Crippen LogP contribution < -0.4 is 5.73 Å². The van der Waals surface area contributed by atoms with Crippen molar-refractivity contribution in [1.29, 1.82) is 0 Å². The molecule has 0 aliphatic heterocycles. The molecule has 2 aromatic heterocycles. The molecular formula is C16H17N3O2. The van der Waals surface area contributed by atoms with Gasteiger partial charge in [0.2, 0.25) is 5.89 Å². The Morgan fingerprint density at radius 3 is 2.90 bits per heavy atom. The fourth-order valence-electron chi connectivity index (χ4n) is 2.59. The highest BCUT2D eigenvalue weighted by molar-refractivity contribution is 5.76. The molecular weight excluding hydrogens is 266 g/mol. The molecule has 1 aliphatic rings. The predicted octanol–water partition coefficient (Wildman–Crippen LogP) is 3.17. The minimum Gasteiger partial charge on any atom is -0.468 e. The summed E-state index contributed by atoms with van der Waals surface area (Å²) in [5.41, 5.74) is 8.07. The van der Waals surface area contributed by atoms with Crippen LogP contribution in [-0.4, -0.2) is 15.9 Å². The van der Waals surface area contributed by atoms with Crippen LogP contribution >= 0.6 is 0 Å². The van der Waals surface area contributed by atoms with Gasteiger partial charge >= 0.3 is 0 Å². The van der Waals surface area contributed by atoms with Crippen LogP contribution in [0.5, 0.6) is 0 Å². The van der Waals surface area contributed by atoms with Gasteiger partial charge in [-0.1, -0.05) is 0 Å². The topological polar surface area (TPSA) is 68.4 Å². The molecule has 4 rings (SSSR count). The molecule has 108 valence electrons. The highest BCUT2D eigenvalue weighted by Gasteiger charge is 2.30. The van der Waals surface area contributed by atoms with Crippen molar-refractivity contribution >= 4 is 16.8 Å². The summed E-state index contributed by atoms with van der Waals surface area (Å²) >= 11 is 0. The number of rotatable bonds is 5. The quantitative estimate of drug-likeness (QED) is 0.728. The zero-order valence-corrected chi connectivity index (χ0v) is 11.7. The largest absolute Gasteiger partial charge is 0.468 e. The van der Waals surface area contributed by atoms with Gasteiger partial charge in [0, 0.05) is 17.8 Å². The second-order valence-corrected chi connectivity index (χ2v) is 5.55. The molecule has 3 aromatic rings. The highest BCUT2D eigenvalue weighted by atomic mass is 16.3. The average Bonchev–Trinajstić information content (AvgIpc) is 3.04. The van der Waals surface area contributed by atoms with E-state index >= 15 is 0 Å². The lowest BCUT2D eigenvalue weighted by Gasteiger charge is -2.18. The molecule has 1 fully saturated rings. The first-order chi connectivity index (χ1) is 10.3. The van der Waals surface area contributed by atoms with Crippen molar-refractivity contribution in [2.24, 2.45) is 0 Å². The molecule has 1 aromatic carbocycles. The number of aromatic nitrogens is 1. The third kappa shape index (κ3) is 2.64. The molecule has 21 heavy (non-hydrogen) atoms. The van der Waals surface area contributed by atoms with Crippen molar-refractivity contribution in [3.8, 4) is 0 Å². The van der Waals surface area contributed by atoms with E-state index in [1.54, 1.807) is 6.26 Å². The molecule has 0 radical (unpaired) electrons. The van der Waals surface area contributed by atoms with Crippen molar-refractivity contribution in [3.63, 3.8) is 0 Å². The molecule has 0 bridgehead atoms. The van der Waals surface area contributed by atoms with Gasteiger partial charge in [-0.3, -0.25) is 4.90 Å². The van der Waals surface area contributed by atoms with Crippen molar-refractivity contribution < 1.29 is 8.83 Å². The van der Waals surface area contributed by atoms with Crippen molar-refractivity contribution in [3.05, 3.63) is 48.2 Å². The lowest BCUT2D eigenvalue weighted by molar-refractivity contribution is 0.206. The fraction of sp³-hybridized carbons (Fsp3) is 0.312. The Hall–Kier alpha value is -2.27. The summed E-state index contributed by atoms with van der Waals surface area (Å²) in [7, 11) is 0. The summed E-state index contributed by atoms with van der Waals surface area (Å²) < 4.78 is 11.3. The van der Waals surface area contributed by atoms with Gasteiger partial charge in [0.15, 0.2) is 5.58 Å². The Kier molecular flexibility index (Phi) is 2.93. The minimum absolute atomic E-state index is 0.607. The van der Waals surface area contributed by atoms with E-state index in [0.717, 1.165) is 29.3 Å². The van der Waals surface area contributed by atoms with Gasteiger partial charge < -0.3 is 14.6 Å². The summed E-state index contributed by atoms with van der Waals surface area (Å²) in [4.78, 5) is 6.89. The molecule has 1 saturated carbocycles. The Bertz CT molecular complexity index is 744. The SMILES string of the molecule is Nc1ccc2nc(CN(Cc3ccco3)C3CC3)oc2c1. The van der Waals surface area contributed by atoms with Crippen molar-refractivity contribution in [2.75, 3.05) is 5.73 Å². The highest BCUT2D eigenvalue weighted by Crippen LogP contribution is 2.30. The van der Waals surface area contributed by atoms with Gasteiger partial charge in [0.1, 0.15) is 11.3 Å². The van der Waals surface area contributed by atoms with E-state index < -0.39 is 0 Å². The number of nitrogens with zero attached hydrogens (tertiary/aromatic N) is 2. The summed E-state index contributed by atoms with van der Waals surface area (Å²) in [6.07, 6.45) is 4.17. The van der Waals surface area contributed by atoms with E-state index in [1.807, 2.05) is 30.3 Å². The second kappa shape index (κ2) is 4.93. The molecule has 0 atom stereocenters. The molecule has 0 unspecified atom stereocenters. The van der Waals surface area contributed by atoms with E-state index in [-0.39, 0.29) is 0 Å². The lowest BCUT2D eigenvalue weighted by Crippen LogP contribution is -2.24. The molecule has 2 N–H and O–H groups in total. The van der Waals surface area contributed by atoms with Gasteiger partial charge in [-0.2, -0.15) is 0 Å². The first kappa shape index (κ1) is 12.5. The standard InChI is InChI=1S/C16H17N3O2/c17-11-3-6-14-15(8-11)21-16(18-14)10-19(12-4-5-12)9-13-2-1-7-20-13/h1-3,6-8,12H,4-5,9-10,17H2. The molecule has 0 spiro atoms. The molecule has 0 amide bonds. The van der Waals surface area contributed by atoms with Gasteiger partial charge in [-0.25, -0.2) is 4.98 Å². The lowest BCUT2D eigenvalue weighted by atomic mass is 10.3. The number of oxazole rings is 1.